The van der Waals surface area contributed by atoms with Crippen molar-refractivity contribution in [2.75, 3.05) is 19.0 Å². The number of hydrogen-bond acceptors (Lipinski definition) is 8. The first-order valence-electron chi connectivity index (χ1n) is 11.7. The van der Waals surface area contributed by atoms with Crippen LogP contribution in [-0.2, 0) is 4.74 Å². The lowest BCUT2D eigenvalue weighted by Crippen LogP contribution is -2.20. The zero-order valence-electron chi connectivity index (χ0n) is 20.7. The molecular formula is C29H24N4O5. The molecule has 0 saturated heterocycles. The number of esters is 1. The first kappa shape index (κ1) is 25.9. The van der Waals surface area contributed by atoms with Gasteiger partial charge in [0.15, 0.2) is 6.10 Å². The molecule has 0 aliphatic heterocycles. The molecule has 1 atom stereocenters. The number of nitro benzene ring substituents is 1. The number of carbonyl (C=O) groups is 2. The summed E-state index contributed by atoms with van der Waals surface area (Å²) in [6.45, 7) is 0. The standard InChI is InChI=1S/C29H24N4O5/c1-32(2)23-18-14-22(15-19-23)30-31-26-11-7-6-10-25(26)29(35)38-28(27(34)20-8-4-3-5-9-20)21-12-16-24(17-13-21)33(36)37/h3-19,28H,1-2H3/t28-/m0/s1. The fraction of sp³-hybridized carbons (Fsp3) is 0.103. The Morgan fingerprint density at radius 1 is 0.816 bits per heavy atom. The molecule has 0 saturated carbocycles. The van der Waals surface area contributed by atoms with Crippen LogP contribution in [0.1, 0.15) is 32.4 Å². The number of hydrogen-bond donors (Lipinski definition) is 0. The second-order valence-corrected chi connectivity index (χ2v) is 8.49. The average Bonchev–Trinajstić information content (AvgIpc) is 2.95. The molecule has 0 aliphatic rings. The van der Waals surface area contributed by atoms with E-state index in [1.165, 1.54) is 30.3 Å². The molecule has 9 heteroatoms. The normalized spacial score (nSPS) is 11.6. The molecule has 4 aromatic rings. The monoisotopic (exact) mass is 508 g/mol. The molecule has 190 valence electrons. The SMILES string of the molecule is CN(C)c1ccc(N=Nc2ccccc2C(=O)O[C@H](C(=O)c2ccccc2)c2ccc([N+](=O)[O-])cc2)cc1. The summed E-state index contributed by atoms with van der Waals surface area (Å²) in [5, 5.41) is 19.6. The minimum atomic E-state index is -1.32. The lowest BCUT2D eigenvalue weighted by Gasteiger charge is -2.18. The molecule has 0 heterocycles. The van der Waals surface area contributed by atoms with Gasteiger partial charge in [0.2, 0.25) is 5.78 Å². The predicted octanol–water partition coefficient (Wildman–Crippen LogP) is 6.86. The maximum Gasteiger partial charge on any atom is 0.341 e. The van der Waals surface area contributed by atoms with Crippen molar-refractivity contribution in [3.8, 4) is 0 Å². The highest BCUT2D eigenvalue weighted by Gasteiger charge is 2.28. The molecule has 0 amide bonds. The van der Waals surface area contributed by atoms with Crippen molar-refractivity contribution in [2.45, 2.75) is 6.10 Å². The summed E-state index contributed by atoms with van der Waals surface area (Å²) >= 11 is 0. The second kappa shape index (κ2) is 11.7. The third-order valence-corrected chi connectivity index (χ3v) is 5.69. The Kier molecular flexibility index (Phi) is 7.98. The van der Waals surface area contributed by atoms with Crippen molar-refractivity contribution >= 4 is 34.5 Å². The Labute approximate surface area is 219 Å². The van der Waals surface area contributed by atoms with E-state index < -0.39 is 22.8 Å². The molecule has 4 rings (SSSR count). The summed E-state index contributed by atoms with van der Waals surface area (Å²) in [5.41, 5.74) is 2.49. The summed E-state index contributed by atoms with van der Waals surface area (Å²) in [5.74, 6) is -1.25. The summed E-state index contributed by atoms with van der Waals surface area (Å²) in [7, 11) is 3.87. The van der Waals surface area contributed by atoms with Gasteiger partial charge in [-0.2, -0.15) is 5.11 Å². The van der Waals surface area contributed by atoms with Crippen molar-refractivity contribution in [2.24, 2.45) is 10.2 Å². The molecular weight excluding hydrogens is 484 g/mol. The number of azo groups is 1. The van der Waals surface area contributed by atoms with Crippen LogP contribution in [-0.4, -0.2) is 30.8 Å². The first-order valence-corrected chi connectivity index (χ1v) is 11.7. The van der Waals surface area contributed by atoms with E-state index in [-0.39, 0.29) is 16.9 Å². The minimum Gasteiger partial charge on any atom is -0.445 e. The lowest BCUT2D eigenvalue weighted by atomic mass is 9.99. The summed E-state index contributed by atoms with van der Waals surface area (Å²) < 4.78 is 5.71. The third-order valence-electron chi connectivity index (χ3n) is 5.69. The van der Waals surface area contributed by atoms with E-state index >= 15 is 0 Å². The van der Waals surface area contributed by atoms with Gasteiger partial charge in [-0.3, -0.25) is 14.9 Å². The molecule has 0 aromatic heterocycles. The largest absolute Gasteiger partial charge is 0.445 e. The molecule has 0 fully saturated rings. The maximum atomic E-state index is 13.3. The van der Waals surface area contributed by atoms with Crippen molar-refractivity contribution in [3.63, 3.8) is 0 Å². The van der Waals surface area contributed by atoms with Gasteiger partial charge in [-0.25, -0.2) is 4.79 Å². The van der Waals surface area contributed by atoms with Crippen LogP contribution < -0.4 is 4.90 Å². The number of carbonyl (C=O) groups excluding carboxylic acids is 2. The van der Waals surface area contributed by atoms with Crippen LogP contribution in [0.25, 0.3) is 0 Å². The van der Waals surface area contributed by atoms with E-state index in [0.29, 0.717) is 16.8 Å². The van der Waals surface area contributed by atoms with Crippen LogP contribution in [0, 0.1) is 10.1 Å². The van der Waals surface area contributed by atoms with Crippen LogP contribution in [0.2, 0.25) is 0 Å². The van der Waals surface area contributed by atoms with Gasteiger partial charge in [0, 0.05) is 43.0 Å². The number of Topliss-reactive ketones (excluding diaryl/α,β-unsaturated/α-hetero) is 1. The number of nitrogens with zero attached hydrogens (tertiary/aromatic N) is 4. The number of ether oxygens (including phenoxy) is 1. The van der Waals surface area contributed by atoms with Crippen LogP contribution in [0.5, 0.6) is 0 Å². The number of ketones is 1. The lowest BCUT2D eigenvalue weighted by molar-refractivity contribution is -0.384. The highest BCUT2D eigenvalue weighted by Crippen LogP contribution is 2.29. The van der Waals surface area contributed by atoms with Crippen LogP contribution in [0.15, 0.2) is 113 Å². The average molecular weight is 509 g/mol. The van der Waals surface area contributed by atoms with Crippen molar-refractivity contribution in [1.29, 1.82) is 0 Å². The molecule has 0 unspecified atom stereocenters. The van der Waals surface area contributed by atoms with Gasteiger partial charge < -0.3 is 9.64 Å². The van der Waals surface area contributed by atoms with Crippen LogP contribution in [0.3, 0.4) is 0 Å². The summed E-state index contributed by atoms with van der Waals surface area (Å²) in [4.78, 5) is 39.1. The number of non-ortho nitro benzene ring substituents is 1. The van der Waals surface area contributed by atoms with Crippen molar-refractivity contribution < 1.29 is 19.2 Å². The maximum absolute atomic E-state index is 13.3. The molecule has 0 aliphatic carbocycles. The van der Waals surface area contributed by atoms with Gasteiger partial charge in [-0.15, -0.1) is 5.11 Å². The van der Waals surface area contributed by atoms with E-state index in [9.17, 15) is 19.7 Å². The Hall–Kier alpha value is -5.18. The summed E-state index contributed by atoms with van der Waals surface area (Å²) in [6, 6.07) is 27.6. The third kappa shape index (κ3) is 6.14. The molecule has 0 spiro atoms. The van der Waals surface area contributed by atoms with E-state index in [2.05, 4.69) is 10.2 Å². The van der Waals surface area contributed by atoms with Gasteiger partial charge in [0.1, 0.15) is 5.69 Å². The van der Waals surface area contributed by atoms with E-state index in [1.54, 1.807) is 48.5 Å². The number of benzene rings is 4. The molecule has 9 nitrogen and oxygen atoms in total. The second-order valence-electron chi connectivity index (χ2n) is 8.49. The van der Waals surface area contributed by atoms with Gasteiger partial charge in [0.25, 0.3) is 5.69 Å². The van der Waals surface area contributed by atoms with Crippen molar-refractivity contribution in [3.05, 3.63) is 130 Å². The minimum absolute atomic E-state index is 0.119. The van der Waals surface area contributed by atoms with Crippen LogP contribution >= 0.6 is 0 Å². The molecule has 0 bridgehead atoms. The van der Waals surface area contributed by atoms with Gasteiger partial charge in [-0.1, -0.05) is 42.5 Å². The summed E-state index contributed by atoms with van der Waals surface area (Å²) in [6.07, 6.45) is -1.32. The Bertz CT molecular complexity index is 1470. The molecule has 0 radical (unpaired) electrons. The zero-order valence-corrected chi connectivity index (χ0v) is 20.7. The number of anilines is 1. The zero-order chi connectivity index (χ0) is 27.1. The van der Waals surface area contributed by atoms with Gasteiger partial charge in [0.05, 0.1) is 16.2 Å². The van der Waals surface area contributed by atoms with E-state index in [0.717, 1.165) is 5.69 Å². The topological polar surface area (TPSA) is 114 Å². The van der Waals surface area contributed by atoms with Gasteiger partial charge >= 0.3 is 5.97 Å². The fourth-order valence-electron chi connectivity index (χ4n) is 3.63. The van der Waals surface area contributed by atoms with E-state index in [4.69, 9.17) is 4.74 Å². The molecule has 0 N–H and O–H groups in total. The smallest absolute Gasteiger partial charge is 0.341 e. The Morgan fingerprint density at radius 3 is 2.08 bits per heavy atom. The first-order chi connectivity index (χ1) is 18.3. The van der Waals surface area contributed by atoms with Crippen LogP contribution in [0.4, 0.5) is 22.7 Å². The number of rotatable bonds is 9. The van der Waals surface area contributed by atoms with Crippen molar-refractivity contribution in [1.82, 2.24) is 0 Å². The Balaban J connectivity index is 1.62. The van der Waals surface area contributed by atoms with Gasteiger partial charge in [-0.05, 0) is 48.5 Å². The highest BCUT2D eigenvalue weighted by molar-refractivity contribution is 6.03. The van der Waals surface area contributed by atoms with E-state index in [1.807, 2.05) is 43.3 Å². The quantitative estimate of drug-likeness (QED) is 0.0802. The fourth-order valence-corrected chi connectivity index (χ4v) is 3.63. The Morgan fingerprint density at radius 2 is 1.45 bits per heavy atom. The highest BCUT2D eigenvalue weighted by atomic mass is 16.6. The molecule has 4 aromatic carbocycles. The number of nitro groups is 1. The predicted molar refractivity (Wildman–Crippen MR) is 143 cm³/mol. The molecule has 38 heavy (non-hydrogen) atoms.